The summed E-state index contributed by atoms with van der Waals surface area (Å²) in [5.74, 6) is -0.578. The van der Waals surface area contributed by atoms with Crippen LogP contribution in [0.3, 0.4) is 0 Å². The van der Waals surface area contributed by atoms with Gasteiger partial charge in [0.2, 0.25) is 10.0 Å². The van der Waals surface area contributed by atoms with Crippen LogP contribution in [0, 0.1) is 12.7 Å². The number of ether oxygens (including phenoxy) is 1. The van der Waals surface area contributed by atoms with E-state index in [1.54, 1.807) is 0 Å². The number of rotatable bonds is 4. The van der Waals surface area contributed by atoms with Crippen LogP contribution in [-0.2, 0) is 14.8 Å². The minimum atomic E-state index is -3.68. The molecule has 1 heterocycles. The molecule has 2 rings (SSSR count). The Hall–Kier alpha value is -1.18. The normalized spacial score (nSPS) is 19.7. The first-order chi connectivity index (χ1) is 9.32. The molecule has 0 bridgehead atoms. The number of nitrogen functional groups attached to an aromatic ring is 1. The largest absolute Gasteiger partial charge is 0.396 e. The molecule has 2 N–H and O–H groups in total. The van der Waals surface area contributed by atoms with Crippen molar-refractivity contribution in [1.29, 1.82) is 0 Å². The number of benzene rings is 1. The highest BCUT2D eigenvalue weighted by molar-refractivity contribution is 7.89. The number of hydrogen-bond acceptors (Lipinski definition) is 4. The first-order valence-corrected chi connectivity index (χ1v) is 7.90. The molecule has 1 aromatic rings. The maximum Gasteiger partial charge on any atom is 0.242 e. The van der Waals surface area contributed by atoms with Crippen LogP contribution in [-0.4, -0.2) is 39.0 Å². The van der Waals surface area contributed by atoms with Crippen molar-refractivity contribution in [3.05, 3.63) is 23.5 Å². The van der Waals surface area contributed by atoms with Crippen molar-refractivity contribution in [3.63, 3.8) is 0 Å². The van der Waals surface area contributed by atoms with Gasteiger partial charge >= 0.3 is 0 Å². The van der Waals surface area contributed by atoms with Crippen LogP contribution in [0.25, 0.3) is 0 Å². The zero-order valence-electron chi connectivity index (χ0n) is 11.6. The fourth-order valence-electron chi connectivity index (χ4n) is 2.26. The Labute approximate surface area is 118 Å². The molecule has 112 valence electrons. The third-order valence-electron chi connectivity index (χ3n) is 3.45. The van der Waals surface area contributed by atoms with Gasteiger partial charge in [-0.05, 0) is 37.5 Å². The molecular formula is C13H19FN2O3S. The quantitative estimate of drug-likeness (QED) is 0.856. The van der Waals surface area contributed by atoms with Crippen molar-refractivity contribution in [3.8, 4) is 0 Å². The highest BCUT2D eigenvalue weighted by atomic mass is 32.2. The van der Waals surface area contributed by atoms with Gasteiger partial charge in [0.15, 0.2) is 0 Å². The maximum atomic E-state index is 13.5. The third kappa shape index (κ3) is 2.94. The van der Waals surface area contributed by atoms with Gasteiger partial charge in [-0.3, -0.25) is 0 Å². The summed E-state index contributed by atoms with van der Waals surface area (Å²) in [6.45, 7) is 2.45. The number of halogens is 1. The minimum absolute atomic E-state index is 0.00870. The van der Waals surface area contributed by atoms with Gasteiger partial charge in [-0.15, -0.1) is 0 Å². The van der Waals surface area contributed by atoms with Crippen LogP contribution < -0.4 is 5.73 Å². The molecule has 0 aromatic heterocycles. The molecule has 1 aliphatic rings. The summed E-state index contributed by atoms with van der Waals surface area (Å²) in [6, 6.07) is 2.46. The first kappa shape index (κ1) is 15.2. The molecule has 0 amide bonds. The van der Waals surface area contributed by atoms with Gasteiger partial charge in [-0.25, -0.2) is 12.8 Å². The first-order valence-electron chi connectivity index (χ1n) is 6.46. The van der Waals surface area contributed by atoms with Crippen molar-refractivity contribution in [2.75, 3.05) is 25.9 Å². The van der Waals surface area contributed by atoms with E-state index in [1.165, 1.54) is 24.3 Å². The van der Waals surface area contributed by atoms with Gasteiger partial charge in [0.05, 0.1) is 16.7 Å². The Kier molecular flexibility index (Phi) is 4.31. The molecule has 0 radical (unpaired) electrons. The number of nitrogens with two attached hydrogens (primary N) is 1. The van der Waals surface area contributed by atoms with Gasteiger partial charge in [0.1, 0.15) is 5.82 Å². The molecule has 0 saturated carbocycles. The lowest BCUT2D eigenvalue weighted by molar-refractivity contribution is 0.0979. The van der Waals surface area contributed by atoms with Crippen molar-refractivity contribution in [2.24, 2.45) is 0 Å². The molecule has 7 heteroatoms. The smallest absolute Gasteiger partial charge is 0.242 e. The summed E-state index contributed by atoms with van der Waals surface area (Å²) in [5.41, 5.74) is 5.56. The van der Waals surface area contributed by atoms with Gasteiger partial charge in [-0.2, -0.15) is 4.31 Å². The van der Waals surface area contributed by atoms with E-state index in [0.717, 1.165) is 18.9 Å². The zero-order chi connectivity index (χ0) is 14.9. The summed E-state index contributed by atoms with van der Waals surface area (Å²) < 4.78 is 45.0. The summed E-state index contributed by atoms with van der Waals surface area (Å²) in [7, 11) is -2.19. The monoisotopic (exact) mass is 302 g/mol. The predicted molar refractivity (Wildman–Crippen MR) is 74.3 cm³/mol. The van der Waals surface area contributed by atoms with Gasteiger partial charge in [0.25, 0.3) is 0 Å². The molecule has 1 aliphatic heterocycles. The highest BCUT2D eigenvalue weighted by Crippen LogP contribution is 2.24. The molecule has 5 nitrogen and oxygen atoms in total. The number of sulfonamides is 1. The molecular weight excluding hydrogens is 283 g/mol. The Morgan fingerprint density at radius 1 is 1.50 bits per heavy atom. The molecule has 1 saturated heterocycles. The van der Waals surface area contributed by atoms with Gasteiger partial charge < -0.3 is 10.5 Å². The number of nitrogens with zero attached hydrogens (tertiary/aromatic N) is 1. The molecule has 1 fully saturated rings. The van der Waals surface area contributed by atoms with Crippen molar-refractivity contribution >= 4 is 15.7 Å². The van der Waals surface area contributed by atoms with E-state index >= 15 is 0 Å². The van der Waals surface area contributed by atoms with Gasteiger partial charge in [-0.1, -0.05) is 0 Å². The summed E-state index contributed by atoms with van der Waals surface area (Å²) in [4.78, 5) is 0.00870. The number of likely N-dealkylation sites (N-methyl/N-ethyl adjacent to an activating group) is 1. The Morgan fingerprint density at radius 2 is 2.20 bits per heavy atom. The fourth-order valence-corrected chi connectivity index (χ4v) is 3.59. The van der Waals surface area contributed by atoms with Crippen LogP contribution in [0.5, 0.6) is 0 Å². The van der Waals surface area contributed by atoms with Crippen molar-refractivity contribution in [2.45, 2.75) is 30.8 Å². The lowest BCUT2D eigenvalue weighted by Crippen LogP contribution is -2.34. The van der Waals surface area contributed by atoms with Crippen LogP contribution in [0.2, 0.25) is 0 Å². The van der Waals surface area contributed by atoms with Crippen molar-refractivity contribution in [1.82, 2.24) is 4.31 Å². The van der Waals surface area contributed by atoms with E-state index in [2.05, 4.69) is 0 Å². The Balaban J connectivity index is 2.25. The SMILES string of the molecule is Cc1cc(S(=O)(=O)N(C)CC2CCCO2)cc(N)c1F. The fraction of sp³-hybridized carbons (Fsp3) is 0.538. The Bertz CT molecular complexity index is 575. The number of aryl methyl sites for hydroxylation is 1. The van der Waals surface area contributed by atoms with Crippen LogP contribution in [0.1, 0.15) is 18.4 Å². The zero-order valence-corrected chi connectivity index (χ0v) is 12.4. The summed E-state index contributed by atoms with van der Waals surface area (Å²) in [6.07, 6.45) is 1.72. The maximum absolute atomic E-state index is 13.5. The predicted octanol–water partition coefficient (Wildman–Crippen LogP) is 1.52. The minimum Gasteiger partial charge on any atom is -0.396 e. The third-order valence-corrected chi connectivity index (χ3v) is 5.25. The number of anilines is 1. The molecule has 1 atom stereocenters. The summed E-state index contributed by atoms with van der Waals surface area (Å²) in [5, 5.41) is 0. The highest BCUT2D eigenvalue weighted by Gasteiger charge is 2.27. The van der Waals surface area contributed by atoms with Crippen molar-refractivity contribution < 1.29 is 17.5 Å². The van der Waals surface area contributed by atoms with E-state index in [9.17, 15) is 12.8 Å². The second-order valence-corrected chi connectivity index (χ2v) is 7.11. The second-order valence-electron chi connectivity index (χ2n) is 5.06. The van der Waals surface area contributed by atoms with Crippen LogP contribution >= 0.6 is 0 Å². The van der Waals surface area contributed by atoms with E-state index < -0.39 is 15.8 Å². The average Bonchev–Trinajstić information content (AvgIpc) is 2.88. The van der Waals surface area contributed by atoms with Crippen LogP contribution in [0.15, 0.2) is 17.0 Å². The molecule has 0 aliphatic carbocycles. The molecule has 1 unspecified atom stereocenters. The van der Waals surface area contributed by atoms with Gasteiger partial charge in [0, 0.05) is 20.2 Å². The van der Waals surface area contributed by atoms with E-state index in [1.807, 2.05) is 0 Å². The van der Waals surface area contributed by atoms with Crippen LogP contribution in [0.4, 0.5) is 10.1 Å². The Morgan fingerprint density at radius 3 is 2.75 bits per heavy atom. The number of hydrogen-bond donors (Lipinski definition) is 1. The molecule has 0 spiro atoms. The second kappa shape index (κ2) is 5.67. The molecule has 1 aromatic carbocycles. The topological polar surface area (TPSA) is 72.6 Å². The standard InChI is InChI=1S/C13H19FN2O3S/c1-9-6-11(7-12(15)13(9)14)20(17,18)16(2)8-10-4-3-5-19-10/h6-7,10H,3-5,8,15H2,1-2H3. The summed E-state index contributed by atoms with van der Waals surface area (Å²) >= 11 is 0. The molecule has 20 heavy (non-hydrogen) atoms. The van der Waals surface area contributed by atoms with E-state index in [0.29, 0.717) is 13.2 Å². The lowest BCUT2D eigenvalue weighted by Gasteiger charge is -2.21. The average molecular weight is 302 g/mol. The van der Waals surface area contributed by atoms with E-state index in [4.69, 9.17) is 10.5 Å². The van der Waals surface area contributed by atoms with E-state index in [-0.39, 0.29) is 22.3 Å². The lowest BCUT2D eigenvalue weighted by atomic mass is 10.2.